The van der Waals surface area contributed by atoms with Gasteiger partial charge in [-0.25, -0.2) is 13.1 Å². The summed E-state index contributed by atoms with van der Waals surface area (Å²) < 4.78 is 29.0. The minimum Gasteiger partial charge on any atom is -0.335 e. The molecule has 3 aromatic carbocycles. The molecule has 2 amide bonds. The van der Waals surface area contributed by atoms with Crippen molar-refractivity contribution in [3.63, 3.8) is 0 Å². The molecular formula is C24H21N3O4S. The van der Waals surface area contributed by atoms with Crippen molar-refractivity contribution in [3.05, 3.63) is 96.1 Å². The summed E-state index contributed by atoms with van der Waals surface area (Å²) in [4.78, 5) is 29.9. The molecule has 2 aliphatic rings. The smallest absolute Gasteiger partial charge is 0.258 e. The van der Waals surface area contributed by atoms with Crippen LogP contribution in [0.15, 0.2) is 89.8 Å². The molecule has 0 radical (unpaired) electrons. The SMILES string of the molecule is O=C(c1ccccc1)N1C[C@H]2NS(=O)(=O)c3ccccc3N(C(=O)c3ccccc3)[C@H]2C1. The normalized spacial score (nSPS) is 21.4. The number of benzene rings is 3. The highest BCUT2D eigenvalue weighted by atomic mass is 32.2. The number of hydrogen-bond donors (Lipinski definition) is 1. The van der Waals surface area contributed by atoms with Gasteiger partial charge in [-0.2, -0.15) is 0 Å². The van der Waals surface area contributed by atoms with Crippen molar-refractivity contribution in [1.29, 1.82) is 0 Å². The van der Waals surface area contributed by atoms with E-state index in [0.717, 1.165) is 0 Å². The number of hydrogen-bond acceptors (Lipinski definition) is 4. The second-order valence-electron chi connectivity index (χ2n) is 7.88. The summed E-state index contributed by atoms with van der Waals surface area (Å²) in [7, 11) is -3.88. The van der Waals surface area contributed by atoms with Crippen molar-refractivity contribution >= 4 is 27.5 Å². The fourth-order valence-corrected chi connectivity index (χ4v) is 5.85. The van der Waals surface area contributed by atoms with Crippen LogP contribution >= 0.6 is 0 Å². The van der Waals surface area contributed by atoms with Crippen LogP contribution < -0.4 is 9.62 Å². The fraction of sp³-hybridized carbons (Fsp3) is 0.167. The van der Waals surface area contributed by atoms with E-state index in [9.17, 15) is 18.0 Å². The van der Waals surface area contributed by atoms with Crippen LogP contribution in [0.5, 0.6) is 0 Å². The Kier molecular flexibility index (Phi) is 5.03. The molecule has 2 heterocycles. The number of nitrogens with one attached hydrogen (secondary N) is 1. The second-order valence-corrected chi connectivity index (χ2v) is 9.56. The van der Waals surface area contributed by atoms with Crippen LogP contribution in [-0.4, -0.2) is 50.3 Å². The Bertz CT molecular complexity index is 1280. The van der Waals surface area contributed by atoms with Gasteiger partial charge in [-0.3, -0.25) is 9.59 Å². The molecule has 0 bridgehead atoms. The molecule has 3 aromatic rings. The number of anilines is 1. The lowest BCUT2D eigenvalue weighted by atomic mass is 10.1. The van der Waals surface area contributed by atoms with Gasteiger partial charge >= 0.3 is 0 Å². The van der Waals surface area contributed by atoms with Crippen LogP contribution in [0, 0.1) is 0 Å². The summed E-state index contributed by atoms with van der Waals surface area (Å²) in [6.45, 7) is 0.387. The van der Waals surface area contributed by atoms with E-state index in [1.165, 1.54) is 11.0 Å². The van der Waals surface area contributed by atoms with Gasteiger partial charge in [-0.05, 0) is 36.4 Å². The molecule has 32 heavy (non-hydrogen) atoms. The minimum absolute atomic E-state index is 0.0552. The quantitative estimate of drug-likeness (QED) is 0.654. The van der Waals surface area contributed by atoms with Gasteiger partial charge in [0.2, 0.25) is 10.0 Å². The molecular weight excluding hydrogens is 426 g/mol. The fourth-order valence-electron chi connectivity index (χ4n) is 4.40. The molecule has 0 spiro atoms. The zero-order valence-corrected chi connectivity index (χ0v) is 17.9. The van der Waals surface area contributed by atoms with E-state index >= 15 is 0 Å². The molecule has 0 aliphatic carbocycles. The van der Waals surface area contributed by atoms with Crippen molar-refractivity contribution in [2.75, 3.05) is 18.0 Å². The number of fused-ring (bicyclic) bond motifs is 2. The van der Waals surface area contributed by atoms with Crippen molar-refractivity contribution in [1.82, 2.24) is 9.62 Å². The lowest BCUT2D eigenvalue weighted by Gasteiger charge is -2.30. The number of carbonyl (C=O) groups is 2. The Balaban J connectivity index is 1.59. The number of amides is 2. The van der Waals surface area contributed by atoms with Gasteiger partial charge in [-0.1, -0.05) is 48.5 Å². The first-order valence-electron chi connectivity index (χ1n) is 10.3. The molecule has 1 N–H and O–H groups in total. The third-order valence-electron chi connectivity index (χ3n) is 5.89. The van der Waals surface area contributed by atoms with Crippen molar-refractivity contribution in [2.45, 2.75) is 17.0 Å². The largest absolute Gasteiger partial charge is 0.335 e. The van der Waals surface area contributed by atoms with Gasteiger partial charge in [-0.15, -0.1) is 0 Å². The minimum atomic E-state index is -3.88. The topological polar surface area (TPSA) is 86.8 Å². The Morgan fingerprint density at radius 2 is 1.31 bits per heavy atom. The van der Waals surface area contributed by atoms with E-state index in [1.54, 1.807) is 71.6 Å². The molecule has 7 nitrogen and oxygen atoms in total. The predicted octanol–water partition coefficient (Wildman–Crippen LogP) is 2.52. The summed E-state index contributed by atoms with van der Waals surface area (Å²) in [5.41, 5.74) is 1.29. The molecule has 8 heteroatoms. The Morgan fingerprint density at radius 3 is 1.97 bits per heavy atom. The van der Waals surface area contributed by atoms with Crippen LogP contribution in [-0.2, 0) is 10.0 Å². The average Bonchev–Trinajstić information content (AvgIpc) is 3.19. The van der Waals surface area contributed by atoms with Crippen LogP contribution in [0.1, 0.15) is 20.7 Å². The third kappa shape index (κ3) is 3.47. The maximum absolute atomic E-state index is 13.6. The first kappa shape index (κ1) is 20.4. The van der Waals surface area contributed by atoms with Crippen LogP contribution in [0.4, 0.5) is 5.69 Å². The summed E-state index contributed by atoms with van der Waals surface area (Å²) in [5, 5.41) is 0. The molecule has 5 rings (SSSR count). The first-order valence-corrected chi connectivity index (χ1v) is 11.8. The van der Waals surface area contributed by atoms with Gasteiger partial charge in [0.05, 0.1) is 17.8 Å². The van der Waals surface area contributed by atoms with Gasteiger partial charge in [0.25, 0.3) is 11.8 Å². The van der Waals surface area contributed by atoms with E-state index in [-0.39, 0.29) is 29.8 Å². The highest BCUT2D eigenvalue weighted by Gasteiger charge is 2.47. The molecule has 2 atom stereocenters. The monoisotopic (exact) mass is 447 g/mol. The van der Waals surface area contributed by atoms with E-state index in [2.05, 4.69) is 4.72 Å². The first-order chi connectivity index (χ1) is 15.5. The Hall–Kier alpha value is -3.49. The zero-order chi connectivity index (χ0) is 22.3. The molecule has 0 unspecified atom stereocenters. The van der Waals surface area contributed by atoms with E-state index in [0.29, 0.717) is 16.8 Å². The number of rotatable bonds is 2. The van der Waals surface area contributed by atoms with Crippen molar-refractivity contribution in [2.24, 2.45) is 0 Å². The third-order valence-corrected chi connectivity index (χ3v) is 7.43. The van der Waals surface area contributed by atoms with Crippen LogP contribution in [0.2, 0.25) is 0 Å². The number of carbonyl (C=O) groups excluding carboxylic acids is 2. The molecule has 0 aromatic heterocycles. The van der Waals surface area contributed by atoms with E-state index in [1.807, 2.05) is 12.1 Å². The maximum Gasteiger partial charge on any atom is 0.258 e. The van der Waals surface area contributed by atoms with Gasteiger partial charge < -0.3 is 9.80 Å². The number of nitrogens with zero attached hydrogens (tertiary/aromatic N) is 2. The number of likely N-dealkylation sites (tertiary alicyclic amines) is 1. The summed E-state index contributed by atoms with van der Waals surface area (Å²) >= 11 is 0. The highest BCUT2D eigenvalue weighted by Crippen LogP contribution is 2.35. The molecule has 2 aliphatic heterocycles. The van der Waals surface area contributed by atoms with Gasteiger partial charge in [0, 0.05) is 24.2 Å². The molecule has 162 valence electrons. The lowest BCUT2D eigenvalue weighted by Crippen LogP contribution is -2.51. The molecule has 1 fully saturated rings. The van der Waals surface area contributed by atoms with E-state index in [4.69, 9.17) is 0 Å². The lowest BCUT2D eigenvalue weighted by molar-refractivity contribution is 0.0785. The van der Waals surface area contributed by atoms with E-state index < -0.39 is 22.1 Å². The standard InChI is InChI=1S/C24H21N3O4S/c28-23(17-9-3-1-4-10-17)26-15-19-21(16-26)27(24(29)18-11-5-2-6-12-18)20-13-7-8-14-22(20)32(30,31)25-19/h1-14,19,21,25H,15-16H2/t19-,21+/m1/s1. The number of sulfonamides is 1. The predicted molar refractivity (Wildman–Crippen MR) is 120 cm³/mol. The highest BCUT2D eigenvalue weighted by molar-refractivity contribution is 7.89. The summed E-state index contributed by atoms with van der Waals surface area (Å²) in [5.74, 6) is -0.501. The van der Waals surface area contributed by atoms with Crippen molar-refractivity contribution in [3.8, 4) is 0 Å². The Morgan fingerprint density at radius 1 is 0.750 bits per heavy atom. The van der Waals surface area contributed by atoms with Crippen molar-refractivity contribution < 1.29 is 18.0 Å². The Labute approximate surface area is 186 Å². The molecule has 1 saturated heterocycles. The second kappa shape index (κ2) is 7.89. The number of para-hydroxylation sites is 1. The summed E-state index contributed by atoms with van der Waals surface area (Å²) in [6.07, 6.45) is 0. The zero-order valence-electron chi connectivity index (χ0n) is 17.1. The van der Waals surface area contributed by atoms with Crippen LogP contribution in [0.3, 0.4) is 0 Å². The maximum atomic E-state index is 13.6. The van der Waals surface area contributed by atoms with Gasteiger partial charge in [0.1, 0.15) is 4.90 Å². The molecule has 0 saturated carbocycles. The average molecular weight is 448 g/mol. The van der Waals surface area contributed by atoms with Crippen LogP contribution in [0.25, 0.3) is 0 Å². The summed E-state index contributed by atoms with van der Waals surface area (Å²) in [6, 6.07) is 22.9. The van der Waals surface area contributed by atoms with Gasteiger partial charge in [0.15, 0.2) is 0 Å².